The third kappa shape index (κ3) is 6.24. The summed E-state index contributed by atoms with van der Waals surface area (Å²) >= 11 is 0. The molecule has 0 aliphatic carbocycles. The molecule has 6 heteroatoms. The van der Waals surface area contributed by atoms with Gasteiger partial charge in [-0.25, -0.2) is 0 Å². The summed E-state index contributed by atoms with van der Waals surface area (Å²) in [6, 6.07) is 10.5. The van der Waals surface area contributed by atoms with Crippen LogP contribution in [0.4, 0.5) is 0 Å². The highest BCUT2D eigenvalue weighted by atomic mass is 16.5. The van der Waals surface area contributed by atoms with Crippen molar-refractivity contribution in [2.24, 2.45) is 0 Å². The van der Waals surface area contributed by atoms with Crippen LogP contribution in [-0.2, 0) is 9.59 Å². The molecule has 0 fully saturated rings. The molecular formula is C23H24O6. The number of ether oxygens (including phenoxy) is 4. The van der Waals surface area contributed by atoms with Gasteiger partial charge in [0.05, 0.1) is 34.9 Å². The highest BCUT2D eigenvalue weighted by molar-refractivity contribution is 6.11. The van der Waals surface area contributed by atoms with E-state index in [4.69, 9.17) is 18.9 Å². The molecular weight excluding hydrogens is 372 g/mol. The number of carbonyl (C=O) groups is 2. The van der Waals surface area contributed by atoms with Crippen molar-refractivity contribution in [1.82, 2.24) is 0 Å². The van der Waals surface area contributed by atoms with Crippen molar-refractivity contribution in [2.45, 2.75) is 6.42 Å². The standard InChI is InChI=1S/C23H24O6/c1-26-20-11-7-16(22(14-20)28-3)5-9-18(24)13-19(25)10-6-17-8-12-21(27-2)15-23(17)29-4/h5-12,14-15H,13H2,1-4H3/b9-5+,10-6+. The molecule has 6 nitrogen and oxygen atoms in total. The maximum Gasteiger partial charge on any atom is 0.163 e. The largest absolute Gasteiger partial charge is 0.497 e. The van der Waals surface area contributed by atoms with E-state index in [9.17, 15) is 9.59 Å². The average molecular weight is 396 g/mol. The van der Waals surface area contributed by atoms with Gasteiger partial charge in [0.15, 0.2) is 11.6 Å². The Balaban J connectivity index is 2.01. The molecule has 0 atom stereocenters. The summed E-state index contributed by atoms with van der Waals surface area (Å²) < 4.78 is 20.9. The summed E-state index contributed by atoms with van der Waals surface area (Å²) in [7, 11) is 6.20. The van der Waals surface area contributed by atoms with Gasteiger partial charge in [-0.3, -0.25) is 9.59 Å². The first-order valence-corrected chi connectivity index (χ1v) is 8.86. The topological polar surface area (TPSA) is 71.1 Å². The van der Waals surface area contributed by atoms with E-state index < -0.39 is 0 Å². The van der Waals surface area contributed by atoms with Crippen molar-refractivity contribution in [3.8, 4) is 23.0 Å². The number of benzene rings is 2. The number of hydrogen-bond acceptors (Lipinski definition) is 6. The van der Waals surface area contributed by atoms with Gasteiger partial charge in [0, 0.05) is 23.3 Å². The Kier molecular flexibility index (Phi) is 8.03. The van der Waals surface area contributed by atoms with Crippen LogP contribution >= 0.6 is 0 Å². The second kappa shape index (κ2) is 10.7. The zero-order valence-corrected chi connectivity index (χ0v) is 16.9. The van der Waals surface area contributed by atoms with Crippen LogP contribution < -0.4 is 18.9 Å². The molecule has 0 aliphatic heterocycles. The maximum atomic E-state index is 12.1. The van der Waals surface area contributed by atoms with Gasteiger partial charge in [0.2, 0.25) is 0 Å². The lowest BCUT2D eigenvalue weighted by molar-refractivity contribution is -0.121. The van der Waals surface area contributed by atoms with Crippen LogP contribution in [0.3, 0.4) is 0 Å². The van der Waals surface area contributed by atoms with E-state index in [0.29, 0.717) is 34.1 Å². The van der Waals surface area contributed by atoms with E-state index in [1.54, 1.807) is 62.8 Å². The summed E-state index contributed by atoms with van der Waals surface area (Å²) in [5, 5.41) is 0. The van der Waals surface area contributed by atoms with Gasteiger partial charge in [0.25, 0.3) is 0 Å². The molecule has 0 spiro atoms. The number of methoxy groups -OCH3 is 4. The molecule has 0 heterocycles. The molecule has 2 rings (SSSR count). The third-order valence-corrected chi connectivity index (χ3v) is 4.13. The summed E-state index contributed by atoms with van der Waals surface area (Å²) in [5.74, 6) is 1.84. The Labute approximate surface area is 170 Å². The van der Waals surface area contributed by atoms with Crippen LogP contribution in [-0.4, -0.2) is 40.0 Å². The number of allylic oxidation sites excluding steroid dienone is 2. The zero-order chi connectivity index (χ0) is 21.2. The Morgan fingerprint density at radius 1 is 0.690 bits per heavy atom. The van der Waals surface area contributed by atoms with Crippen molar-refractivity contribution in [2.75, 3.05) is 28.4 Å². The van der Waals surface area contributed by atoms with E-state index in [0.717, 1.165) is 0 Å². The van der Waals surface area contributed by atoms with E-state index >= 15 is 0 Å². The summed E-state index contributed by atoms with van der Waals surface area (Å²) in [5.41, 5.74) is 1.43. The Morgan fingerprint density at radius 3 is 1.45 bits per heavy atom. The monoisotopic (exact) mass is 396 g/mol. The predicted octanol–water partition coefficient (Wildman–Crippen LogP) is 3.98. The third-order valence-electron chi connectivity index (χ3n) is 4.13. The Morgan fingerprint density at radius 2 is 1.10 bits per heavy atom. The van der Waals surface area contributed by atoms with Gasteiger partial charge >= 0.3 is 0 Å². The SMILES string of the molecule is COc1ccc(/C=C/C(=O)CC(=O)/C=C/c2ccc(OC)cc2OC)c(OC)c1. The van der Waals surface area contributed by atoms with Crippen molar-refractivity contribution in [3.63, 3.8) is 0 Å². The lowest BCUT2D eigenvalue weighted by Gasteiger charge is -2.07. The molecule has 0 aromatic heterocycles. The van der Waals surface area contributed by atoms with Crippen LogP contribution in [0.25, 0.3) is 12.2 Å². The van der Waals surface area contributed by atoms with Crippen LogP contribution in [0.15, 0.2) is 48.6 Å². The molecule has 0 amide bonds. The molecule has 2 aromatic rings. The fourth-order valence-electron chi connectivity index (χ4n) is 2.57. The van der Waals surface area contributed by atoms with Crippen molar-refractivity contribution < 1.29 is 28.5 Å². The normalized spacial score (nSPS) is 10.9. The second-order valence-corrected chi connectivity index (χ2v) is 5.99. The molecule has 0 saturated heterocycles. The number of ketones is 2. The van der Waals surface area contributed by atoms with Gasteiger partial charge < -0.3 is 18.9 Å². The Bertz CT molecular complexity index is 851. The van der Waals surface area contributed by atoms with Gasteiger partial charge in [-0.15, -0.1) is 0 Å². The number of carbonyl (C=O) groups excluding carboxylic acids is 2. The fourth-order valence-corrected chi connectivity index (χ4v) is 2.57. The molecule has 0 radical (unpaired) electrons. The van der Waals surface area contributed by atoms with Gasteiger partial charge in [0.1, 0.15) is 23.0 Å². The van der Waals surface area contributed by atoms with E-state index in [1.165, 1.54) is 26.4 Å². The molecule has 152 valence electrons. The van der Waals surface area contributed by atoms with Gasteiger partial charge in [-0.1, -0.05) is 0 Å². The highest BCUT2D eigenvalue weighted by Gasteiger charge is 2.07. The lowest BCUT2D eigenvalue weighted by Crippen LogP contribution is -2.02. The predicted molar refractivity (Wildman–Crippen MR) is 112 cm³/mol. The maximum absolute atomic E-state index is 12.1. The van der Waals surface area contributed by atoms with E-state index in [2.05, 4.69) is 0 Å². The summed E-state index contributed by atoms with van der Waals surface area (Å²) in [4.78, 5) is 24.2. The highest BCUT2D eigenvalue weighted by Crippen LogP contribution is 2.26. The van der Waals surface area contributed by atoms with Crippen LogP contribution in [0.2, 0.25) is 0 Å². The minimum Gasteiger partial charge on any atom is -0.497 e. The number of rotatable bonds is 10. The van der Waals surface area contributed by atoms with E-state index in [1.807, 2.05) is 0 Å². The van der Waals surface area contributed by atoms with Crippen molar-refractivity contribution in [3.05, 3.63) is 59.7 Å². The summed E-state index contributed by atoms with van der Waals surface area (Å²) in [6.45, 7) is 0. The minimum absolute atomic E-state index is 0.232. The average Bonchev–Trinajstić information content (AvgIpc) is 2.75. The van der Waals surface area contributed by atoms with E-state index in [-0.39, 0.29) is 18.0 Å². The first-order valence-electron chi connectivity index (χ1n) is 8.86. The Hall–Kier alpha value is -3.54. The molecule has 0 aliphatic rings. The smallest absolute Gasteiger partial charge is 0.163 e. The van der Waals surface area contributed by atoms with Gasteiger partial charge in [-0.2, -0.15) is 0 Å². The first-order chi connectivity index (χ1) is 14.0. The van der Waals surface area contributed by atoms with Crippen molar-refractivity contribution in [1.29, 1.82) is 0 Å². The molecule has 0 saturated carbocycles. The van der Waals surface area contributed by atoms with Gasteiger partial charge in [-0.05, 0) is 48.6 Å². The summed E-state index contributed by atoms with van der Waals surface area (Å²) in [6.07, 6.45) is 5.73. The molecule has 0 bridgehead atoms. The fraction of sp³-hybridized carbons (Fsp3) is 0.217. The first kappa shape index (κ1) is 21.8. The minimum atomic E-state index is -0.306. The molecule has 29 heavy (non-hydrogen) atoms. The van der Waals surface area contributed by atoms with Crippen LogP contribution in [0.5, 0.6) is 23.0 Å². The second-order valence-electron chi connectivity index (χ2n) is 5.99. The quantitative estimate of drug-likeness (QED) is 0.447. The molecule has 0 unspecified atom stereocenters. The van der Waals surface area contributed by atoms with Crippen LogP contribution in [0, 0.1) is 0 Å². The molecule has 2 aromatic carbocycles. The lowest BCUT2D eigenvalue weighted by atomic mass is 10.1. The zero-order valence-electron chi connectivity index (χ0n) is 16.9. The van der Waals surface area contributed by atoms with Crippen LogP contribution in [0.1, 0.15) is 17.5 Å². The number of hydrogen-bond donors (Lipinski definition) is 0. The molecule has 0 N–H and O–H groups in total. The van der Waals surface area contributed by atoms with Crippen molar-refractivity contribution >= 4 is 23.7 Å².